The van der Waals surface area contributed by atoms with Gasteiger partial charge in [-0.1, -0.05) is 13.8 Å². The van der Waals surface area contributed by atoms with Crippen LogP contribution in [-0.4, -0.2) is 9.67 Å². The van der Waals surface area contributed by atoms with Gasteiger partial charge in [-0.25, -0.2) is 0 Å². The lowest BCUT2D eigenvalue weighted by atomic mass is 10.1. The molecule has 0 fully saturated rings. The van der Waals surface area contributed by atoms with Gasteiger partial charge in [-0.2, -0.15) is 5.26 Å². The average Bonchev–Trinajstić information content (AvgIpc) is 2.57. The molecular formula is C14H18N2O. The van der Waals surface area contributed by atoms with Gasteiger partial charge in [-0.15, -0.1) is 0 Å². The highest BCUT2D eigenvalue weighted by atomic mass is 16.3. The van der Waals surface area contributed by atoms with Crippen molar-refractivity contribution in [2.75, 3.05) is 0 Å². The lowest BCUT2D eigenvalue weighted by molar-refractivity contribution is 0.474. The third-order valence-electron chi connectivity index (χ3n) is 3.06. The largest absolute Gasteiger partial charge is 0.507 e. The molecule has 3 nitrogen and oxygen atoms in total. The Hall–Kier alpha value is -1.95. The van der Waals surface area contributed by atoms with Crippen molar-refractivity contribution in [3.8, 4) is 11.8 Å². The van der Waals surface area contributed by atoms with E-state index in [0.29, 0.717) is 5.56 Å². The maximum absolute atomic E-state index is 9.60. The van der Waals surface area contributed by atoms with Gasteiger partial charge in [0.1, 0.15) is 17.4 Å². The van der Waals surface area contributed by atoms with Crippen LogP contribution in [0.2, 0.25) is 0 Å². The van der Waals surface area contributed by atoms with Gasteiger partial charge in [0.05, 0.1) is 0 Å². The Morgan fingerprint density at radius 3 is 2.35 bits per heavy atom. The van der Waals surface area contributed by atoms with E-state index < -0.39 is 0 Å². The Kier molecular flexibility index (Phi) is 3.80. The lowest BCUT2D eigenvalue weighted by Crippen LogP contribution is -1.89. The number of aromatic nitrogens is 1. The van der Waals surface area contributed by atoms with Crippen LogP contribution in [0.3, 0.4) is 0 Å². The van der Waals surface area contributed by atoms with Crippen LogP contribution in [0.25, 0.3) is 10.9 Å². The van der Waals surface area contributed by atoms with Crippen LogP contribution in [0.1, 0.15) is 30.7 Å². The SMILES string of the molecule is CC.Cc1c(C)n(C)c2ccc(O)c(C#N)c12. The topological polar surface area (TPSA) is 49.0 Å². The number of fused-ring (bicyclic) bond motifs is 1. The first-order chi connectivity index (χ1) is 8.07. The Bertz CT molecular complexity index is 589. The number of phenolic OH excluding ortho intramolecular Hbond substituents is 1. The second-order valence-corrected chi connectivity index (χ2v) is 3.74. The van der Waals surface area contributed by atoms with E-state index in [4.69, 9.17) is 5.26 Å². The third-order valence-corrected chi connectivity index (χ3v) is 3.06. The highest BCUT2D eigenvalue weighted by Crippen LogP contribution is 2.31. The van der Waals surface area contributed by atoms with E-state index in [1.54, 1.807) is 6.07 Å². The smallest absolute Gasteiger partial charge is 0.134 e. The van der Waals surface area contributed by atoms with Crippen LogP contribution in [0, 0.1) is 25.2 Å². The lowest BCUT2D eigenvalue weighted by Gasteiger charge is -2.00. The maximum Gasteiger partial charge on any atom is 0.134 e. The number of hydrogen-bond acceptors (Lipinski definition) is 2. The van der Waals surface area contributed by atoms with Crippen LogP contribution in [0.4, 0.5) is 0 Å². The molecule has 0 spiro atoms. The van der Waals surface area contributed by atoms with E-state index >= 15 is 0 Å². The monoisotopic (exact) mass is 230 g/mol. The quantitative estimate of drug-likeness (QED) is 0.754. The highest BCUT2D eigenvalue weighted by molar-refractivity contribution is 5.92. The van der Waals surface area contributed by atoms with Crippen molar-refractivity contribution in [3.05, 3.63) is 29.0 Å². The molecular weight excluding hydrogens is 212 g/mol. The van der Waals surface area contributed by atoms with Crippen LogP contribution in [-0.2, 0) is 7.05 Å². The van der Waals surface area contributed by atoms with E-state index in [-0.39, 0.29) is 5.75 Å². The second-order valence-electron chi connectivity index (χ2n) is 3.74. The first-order valence-electron chi connectivity index (χ1n) is 5.75. The van der Waals surface area contributed by atoms with Crippen LogP contribution in [0.15, 0.2) is 12.1 Å². The molecule has 0 saturated heterocycles. The summed E-state index contributed by atoms with van der Waals surface area (Å²) in [6.07, 6.45) is 0. The molecule has 0 aliphatic rings. The molecule has 90 valence electrons. The minimum absolute atomic E-state index is 0.0544. The molecule has 0 amide bonds. The number of benzene rings is 1. The summed E-state index contributed by atoms with van der Waals surface area (Å²) in [5.74, 6) is 0.0544. The summed E-state index contributed by atoms with van der Waals surface area (Å²) >= 11 is 0. The van der Waals surface area contributed by atoms with Gasteiger partial charge in [0.2, 0.25) is 0 Å². The molecule has 0 radical (unpaired) electrons. The molecule has 0 unspecified atom stereocenters. The number of rotatable bonds is 0. The molecule has 3 heteroatoms. The summed E-state index contributed by atoms with van der Waals surface area (Å²) < 4.78 is 2.03. The third kappa shape index (κ3) is 1.87. The van der Waals surface area contributed by atoms with Crippen molar-refractivity contribution in [2.45, 2.75) is 27.7 Å². The summed E-state index contributed by atoms with van der Waals surface area (Å²) in [6, 6.07) is 5.46. The molecule has 0 bridgehead atoms. The van der Waals surface area contributed by atoms with Gasteiger partial charge < -0.3 is 9.67 Å². The van der Waals surface area contributed by atoms with Gasteiger partial charge >= 0.3 is 0 Å². The Morgan fingerprint density at radius 1 is 1.24 bits per heavy atom. The molecule has 0 saturated carbocycles. The molecule has 2 rings (SSSR count). The fraction of sp³-hybridized carbons (Fsp3) is 0.357. The molecule has 0 aliphatic carbocycles. The molecule has 0 aliphatic heterocycles. The van der Waals surface area contributed by atoms with Gasteiger partial charge in [0, 0.05) is 23.6 Å². The average molecular weight is 230 g/mol. The van der Waals surface area contributed by atoms with Crippen molar-refractivity contribution in [1.82, 2.24) is 4.57 Å². The fourth-order valence-corrected chi connectivity index (χ4v) is 1.97. The van der Waals surface area contributed by atoms with Crippen LogP contribution in [0.5, 0.6) is 5.75 Å². The van der Waals surface area contributed by atoms with Gasteiger partial charge in [-0.3, -0.25) is 0 Å². The second kappa shape index (κ2) is 4.92. The number of nitrogens with zero attached hydrogens (tertiary/aromatic N) is 2. The van der Waals surface area contributed by atoms with Crippen molar-refractivity contribution >= 4 is 10.9 Å². The zero-order valence-corrected chi connectivity index (χ0v) is 11.0. The number of phenols is 1. The molecule has 1 aromatic carbocycles. The minimum Gasteiger partial charge on any atom is -0.507 e. The molecule has 2 aromatic rings. The first-order valence-corrected chi connectivity index (χ1v) is 5.75. The Labute approximate surface area is 102 Å². The Morgan fingerprint density at radius 2 is 1.82 bits per heavy atom. The van der Waals surface area contributed by atoms with Crippen molar-refractivity contribution < 1.29 is 5.11 Å². The molecule has 1 N–H and O–H groups in total. The van der Waals surface area contributed by atoms with E-state index in [9.17, 15) is 5.11 Å². The van der Waals surface area contributed by atoms with Gasteiger partial charge in [-0.05, 0) is 31.5 Å². The van der Waals surface area contributed by atoms with E-state index in [2.05, 4.69) is 6.07 Å². The summed E-state index contributed by atoms with van der Waals surface area (Å²) in [4.78, 5) is 0. The van der Waals surface area contributed by atoms with E-state index in [0.717, 1.165) is 22.2 Å². The summed E-state index contributed by atoms with van der Waals surface area (Å²) in [6.45, 7) is 7.98. The summed E-state index contributed by atoms with van der Waals surface area (Å²) in [5.41, 5.74) is 3.53. The predicted octanol–water partition coefficient (Wildman–Crippen LogP) is 3.40. The first kappa shape index (κ1) is 13.1. The van der Waals surface area contributed by atoms with Gasteiger partial charge in [0.25, 0.3) is 0 Å². The number of nitriles is 1. The normalized spacial score (nSPS) is 9.65. The molecule has 17 heavy (non-hydrogen) atoms. The molecule has 0 atom stereocenters. The predicted molar refractivity (Wildman–Crippen MR) is 70.1 cm³/mol. The van der Waals surface area contributed by atoms with Crippen molar-refractivity contribution in [2.24, 2.45) is 7.05 Å². The number of hydrogen-bond donors (Lipinski definition) is 1. The van der Waals surface area contributed by atoms with Crippen LogP contribution >= 0.6 is 0 Å². The standard InChI is InChI=1S/C12H12N2O.C2H6/c1-7-8(2)14(3)10-4-5-11(15)9(6-13)12(7)10;1-2/h4-5,15H,1-3H3;1-2H3. The summed E-state index contributed by atoms with van der Waals surface area (Å²) in [5, 5.41) is 19.5. The fourth-order valence-electron chi connectivity index (χ4n) is 1.97. The zero-order valence-electron chi connectivity index (χ0n) is 11.0. The van der Waals surface area contributed by atoms with E-state index in [1.807, 2.05) is 45.4 Å². The molecule has 1 heterocycles. The number of aryl methyl sites for hydroxylation is 2. The maximum atomic E-state index is 9.60. The number of aromatic hydroxyl groups is 1. The summed E-state index contributed by atoms with van der Waals surface area (Å²) in [7, 11) is 1.96. The van der Waals surface area contributed by atoms with Crippen molar-refractivity contribution in [1.29, 1.82) is 5.26 Å². The van der Waals surface area contributed by atoms with E-state index in [1.165, 1.54) is 0 Å². The van der Waals surface area contributed by atoms with Gasteiger partial charge in [0.15, 0.2) is 0 Å². The Balaban J connectivity index is 0.000000686. The van der Waals surface area contributed by atoms with Crippen LogP contribution < -0.4 is 0 Å². The van der Waals surface area contributed by atoms with Crippen molar-refractivity contribution in [3.63, 3.8) is 0 Å². The minimum atomic E-state index is 0.0544. The zero-order chi connectivity index (χ0) is 13.2. The highest BCUT2D eigenvalue weighted by Gasteiger charge is 2.14. The molecule has 1 aromatic heterocycles.